The number of rotatable bonds is 6. The maximum absolute atomic E-state index is 5.13. The summed E-state index contributed by atoms with van der Waals surface area (Å²) in [5, 5.41) is 5.02. The second-order valence-corrected chi connectivity index (χ2v) is 16.1. The van der Waals surface area contributed by atoms with E-state index in [1.807, 2.05) is 40.9 Å². The van der Waals surface area contributed by atoms with Crippen molar-refractivity contribution in [2.45, 2.75) is 0 Å². The third-order valence-corrected chi connectivity index (χ3v) is 13.0. The van der Waals surface area contributed by atoms with Crippen molar-refractivity contribution in [3.8, 4) is 67.5 Å². The molecule has 262 valence electrons. The third kappa shape index (κ3) is 5.68. The first kappa shape index (κ1) is 32.6. The summed E-state index contributed by atoms with van der Waals surface area (Å²) in [6, 6.07) is 66.9. The summed E-state index contributed by atoms with van der Waals surface area (Å²) in [7, 11) is 0. The summed E-state index contributed by atoms with van der Waals surface area (Å²) in [4.78, 5) is 15.2. The van der Waals surface area contributed by atoms with E-state index in [1.54, 1.807) is 0 Å². The molecule has 8 aromatic carbocycles. The van der Waals surface area contributed by atoms with Crippen molar-refractivity contribution in [3.05, 3.63) is 188 Å². The quantitative estimate of drug-likeness (QED) is 0.170. The van der Waals surface area contributed by atoms with E-state index >= 15 is 0 Å². The van der Waals surface area contributed by atoms with E-state index in [4.69, 9.17) is 15.0 Å². The van der Waals surface area contributed by atoms with Crippen molar-refractivity contribution in [2.24, 2.45) is 0 Å². The van der Waals surface area contributed by atoms with Crippen LogP contribution < -0.4 is 0 Å². The Hall–Kier alpha value is -6.79. The fraction of sp³-hybridized carbons (Fsp3) is 0. The molecule has 3 aromatic heterocycles. The predicted molar refractivity (Wildman–Crippen MR) is 238 cm³/mol. The van der Waals surface area contributed by atoms with Gasteiger partial charge in [0, 0.05) is 62.6 Å². The molecule has 0 radical (unpaired) electrons. The smallest absolute Gasteiger partial charge is 0.164 e. The van der Waals surface area contributed by atoms with Crippen LogP contribution in [0.4, 0.5) is 0 Å². The first-order valence-corrected chi connectivity index (χ1v) is 20.3. The van der Waals surface area contributed by atoms with Gasteiger partial charge in [0.2, 0.25) is 0 Å². The molecule has 0 spiro atoms. The Kier molecular flexibility index (Phi) is 7.87. The van der Waals surface area contributed by atoms with Crippen LogP contribution in [0, 0.1) is 0 Å². The summed E-state index contributed by atoms with van der Waals surface area (Å²) < 4.78 is 5.11. The summed E-state index contributed by atoms with van der Waals surface area (Å²) in [5.74, 6) is 1.96. The van der Waals surface area contributed by atoms with Crippen LogP contribution in [0.3, 0.4) is 0 Å². The molecule has 0 aliphatic rings. The minimum absolute atomic E-state index is 0.647. The molecule has 0 aliphatic heterocycles. The molecule has 56 heavy (non-hydrogen) atoms. The van der Waals surface area contributed by atoms with Crippen LogP contribution in [0.1, 0.15) is 0 Å². The molecule has 11 aromatic rings. The molecule has 0 aliphatic carbocycles. The molecule has 0 saturated carbocycles. The second-order valence-electron chi connectivity index (χ2n) is 14.0. The molecule has 3 heterocycles. The number of hydrogen-bond donors (Lipinski definition) is 0. The van der Waals surface area contributed by atoms with E-state index in [0.29, 0.717) is 17.5 Å². The largest absolute Gasteiger partial charge is 0.208 e. The van der Waals surface area contributed by atoms with E-state index in [-0.39, 0.29) is 0 Å². The molecule has 3 nitrogen and oxygen atoms in total. The zero-order valence-electron chi connectivity index (χ0n) is 30.1. The summed E-state index contributed by atoms with van der Waals surface area (Å²) in [6.07, 6.45) is 0. The number of thiophene rings is 2. The maximum atomic E-state index is 5.13. The van der Waals surface area contributed by atoms with Crippen molar-refractivity contribution in [3.63, 3.8) is 0 Å². The third-order valence-electron chi connectivity index (χ3n) is 10.5. The Morgan fingerprint density at radius 3 is 1.50 bits per heavy atom. The molecule has 0 fully saturated rings. The lowest BCUT2D eigenvalue weighted by atomic mass is 9.95. The van der Waals surface area contributed by atoms with Gasteiger partial charge in [0.1, 0.15) is 0 Å². The van der Waals surface area contributed by atoms with E-state index in [1.165, 1.54) is 68.2 Å². The van der Waals surface area contributed by atoms with Gasteiger partial charge in [-0.05, 0) is 64.2 Å². The highest BCUT2D eigenvalue weighted by Gasteiger charge is 2.18. The van der Waals surface area contributed by atoms with Gasteiger partial charge in [-0.3, -0.25) is 0 Å². The van der Waals surface area contributed by atoms with Crippen LogP contribution in [0.25, 0.3) is 108 Å². The van der Waals surface area contributed by atoms with Crippen molar-refractivity contribution < 1.29 is 0 Å². The van der Waals surface area contributed by atoms with Crippen molar-refractivity contribution in [2.75, 3.05) is 0 Å². The highest BCUT2D eigenvalue weighted by molar-refractivity contribution is 7.27. The Balaban J connectivity index is 1.06. The van der Waals surface area contributed by atoms with Crippen molar-refractivity contribution in [1.29, 1.82) is 0 Å². The molecular weight excluding hydrogens is 719 g/mol. The topological polar surface area (TPSA) is 38.7 Å². The van der Waals surface area contributed by atoms with Crippen LogP contribution in [-0.2, 0) is 0 Å². The van der Waals surface area contributed by atoms with Crippen LogP contribution >= 0.6 is 22.7 Å². The van der Waals surface area contributed by atoms with Gasteiger partial charge in [0.25, 0.3) is 0 Å². The average molecular weight is 750 g/mol. The molecule has 5 heteroatoms. The average Bonchev–Trinajstić information content (AvgIpc) is 3.85. The van der Waals surface area contributed by atoms with Gasteiger partial charge in [0.05, 0.1) is 0 Å². The Labute approximate surface area is 331 Å². The minimum Gasteiger partial charge on any atom is -0.208 e. The highest BCUT2D eigenvalue weighted by atomic mass is 32.1. The Bertz CT molecular complexity index is 3220. The van der Waals surface area contributed by atoms with E-state index in [0.717, 1.165) is 22.3 Å². The van der Waals surface area contributed by atoms with Gasteiger partial charge in [-0.25, -0.2) is 15.0 Å². The summed E-state index contributed by atoms with van der Waals surface area (Å²) >= 11 is 3.69. The maximum Gasteiger partial charge on any atom is 0.164 e. The molecule has 0 amide bonds. The first-order chi connectivity index (χ1) is 27.7. The van der Waals surface area contributed by atoms with Gasteiger partial charge in [-0.15, -0.1) is 22.7 Å². The number of aromatic nitrogens is 3. The predicted octanol–water partition coefficient (Wildman–Crippen LogP) is 14.6. The molecule has 0 bridgehead atoms. The number of hydrogen-bond acceptors (Lipinski definition) is 5. The molecular formula is C51H31N3S2. The normalized spacial score (nSPS) is 11.6. The van der Waals surface area contributed by atoms with E-state index < -0.39 is 0 Å². The highest BCUT2D eigenvalue weighted by Crippen LogP contribution is 2.46. The SMILES string of the molecule is c1ccc(-c2cc(-c3ccc(-c4nc(-c5ccccc5)nc(-c5ccc6sc7ccccc7c6c5)n4)cc3)c3sc4c(-c5ccccc5)cccc4c3c2)cc1. The van der Waals surface area contributed by atoms with Gasteiger partial charge in [-0.2, -0.15) is 0 Å². The fourth-order valence-corrected chi connectivity index (χ4v) is 10.2. The minimum atomic E-state index is 0.647. The van der Waals surface area contributed by atoms with Crippen LogP contribution in [-0.4, -0.2) is 15.0 Å². The molecule has 0 N–H and O–H groups in total. The second kappa shape index (κ2) is 13.5. The van der Waals surface area contributed by atoms with Crippen molar-refractivity contribution in [1.82, 2.24) is 15.0 Å². The lowest BCUT2D eigenvalue weighted by Crippen LogP contribution is -2.00. The monoisotopic (exact) mass is 749 g/mol. The van der Waals surface area contributed by atoms with Gasteiger partial charge >= 0.3 is 0 Å². The molecule has 0 saturated heterocycles. The number of benzene rings is 8. The fourth-order valence-electron chi connectivity index (χ4n) is 7.77. The lowest BCUT2D eigenvalue weighted by Gasteiger charge is -2.11. The van der Waals surface area contributed by atoms with Gasteiger partial charge in [0.15, 0.2) is 17.5 Å². The van der Waals surface area contributed by atoms with Gasteiger partial charge < -0.3 is 0 Å². The molecule has 11 rings (SSSR count). The molecule has 0 atom stereocenters. The molecule has 0 unspecified atom stereocenters. The van der Waals surface area contributed by atoms with Crippen molar-refractivity contribution >= 4 is 63.0 Å². The van der Waals surface area contributed by atoms with E-state index in [9.17, 15) is 0 Å². The first-order valence-electron chi connectivity index (χ1n) is 18.7. The van der Waals surface area contributed by atoms with Crippen LogP contribution in [0.2, 0.25) is 0 Å². The standard InChI is InChI=1S/C51H31N3S2/c1-4-13-32(14-5-1)38-30-42(48-44(31-38)41-21-12-20-39(47(41)56-48)33-15-6-2-7-16-33)34-23-25-36(26-24-34)50-52-49(35-17-8-3-9-18-35)53-51(54-50)37-27-28-46-43(29-37)40-19-10-11-22-45(40)55-46/h1-31H. The summed E-state index contributed by atoms with van der Waals surface area (Å²) in [6.45, 7) is 0. The lowest BCUT2D eigenvalue weighted by molar-refractivity contribution is 1.07. The Morgan fingerprint density at radius 1 is 0.268 bits per heavy atom. The van der Waals surface area contributed by atoms with E-state index in [2.05, 4.69) is 170 Å². The number of fused-ring (bicyclic) bond motifs is 6. The van der Waals surface area contributed by atoms with Crippen LogP contribution in [0.5, 0.6) is 0 Å². The van der Waals surface area contributed by atoms with Gasteiger partial charge in [-0.1, -0.05) is 152 Å². The Morgan fingerprint density at radius 2 is 0.768 bits per heavy atom. The zero-order valence-corrected chi connectivity index (χ0v) is 31.7. The number of nitrogens with zero attached hydrogens (tertiary/aromatic N) is 3. The zero-order chi connectivity index (χ0) is 37.0. The summed E-state index contributed by atoms with van der Waals surface area (Å²) in [5.41, 5.74) is 10.1. The van der Waals surface area contributed by atoms with Crippen LogP contribution in [0.15, 0.2) is 188 Å².